The summed E-state index contributed by atoms with van der Waals surface area (Å²) in [4.78, 5) is 10.7. The van der Waals surface area contributed by atoms with Crippen molar-refractivity contribution < 1.29 is 0 Å². The van der Waals surface area contributed by atoms with E-state index in [9.17, 15) is 0 Å². The van der Waals surface area contributed by atoms with Crippen LogP contribution in [0.2, 0.25) is 0 Å². The minimum absolute atomic E-state index is 0.395. The van der Waals surface area contributed by atoms with Crippen molar-refractivity contribution in [2.75, 3.05) is 38.6 Å². The zero-order valence-corrected chi connectivity index (χ0v) is 11.9. The van der Waals surface area contributed by atoms with Crippen molar-refractivity contribution in [1.29, 1.82) is 0 Å². The Morgan fingerprint density at radius 3 is 2.94 bits per heavy atom. The zero-order chi connectivity index (χ0) is 12.4. The molecule has 0 amide bonds. The average Bonchev–Trinajstić information content (AvgIpc) is 2.81. The number of hydrogen-bond acceptors (Lipinski definition) is 5. The van der Waals surface area contributed by atoms with Gasteiger partial charge in [-0.05, 0) is 27.9 Å². The van der Waals surface area contributed by atoms with E-state index in [1.54, 1.807) is 0 Å². The number of nitrogens with zero attached hydrogens (tertiary/aromatic N) is 3. The van der Waals surface area contributed by atoms with Crippen LogP contribution in [0.4, 0.5) is 5.13 Å². The van der Waals surface area contributed by atoms with E-state index in [1.807, 2.05) is 24.6 Å². The third-order valence-corrected chi connectivity index (χ3v) is 4.84. The molecule has 0 spiro atoms. The first-order chi connectivity index (χ1) is 8.11. The summed E-state index contributed by atoms with van der Waals surface area (Å²) in [5.41, 5.74) is 0. The topological polar surface area (TPSA) is 31.4 Å². The van der Waals surface area contributed by atoms with Gasteiger partial charge in [-0.2, -0.15) is 0 Å². The first kappa shape index (κ1) is 12.8. The van der Waals surface area contributed by atoms with Gasteiger partial charge in [-0.25, -0.2) is 4.98 Å². The first-order valence-electron chi connectivity index (χ1n) is 6.20. The van der Waals surface area contributed by atoms with Crippen LogP contribution in [-0.2, 0) is 0 Å². The third-order valence-electron chi connectivity index (χ3n) is 3.60. The van der Waals surface area contributed by atoms with E-state index in [-0.39, 0.29) is 0 Å². The van der Waals surface area contributed by atoms with E-state index in [0.717, 1.165) is 19.6 Å². The number of hydrogen-bond donors (Lipinski definition) is 1. The van der Waals surface area contributed by atoms with E-state index in [1.165, 1.54) is 10.0 Å². The molecule has 5 heteroatoms. The van der Waals surface area contributed by atoms with E-state index in [4.69, 9.17) is 0 Å². The lowest BCUT2D eigenvalue weighted by Crippen LogP contribution is -2.50. The molecule has 1 aliphatic heterocycles. The normalized spacial score (nSPS) is 24.0. The molecule has 2 atom stereocenters. The highest BCUT2D eigenvalue weighted by molar-refractivity contribution is 7.15. The van der Waals surface area contributed by atoms with Crippen molar-refractivity contribution in [1.82, 2.24) is 15.2 Å². The van der Waals surface area contributed by atoms with Crippen LogP contribution < -0.4 is 10.2 Å². The molecule has 0 saturated carbocycles. The van der Waals surface area contributed by atoms with Crippen molar-refractivity contribution in [3.8, 4) is 0 Å². The van der Waals surface area contributed by atoms with Crippen molar-refractivity contribution in [2.24, 2.45) is 0 Å². The molecule has 96 valence electrons. The van der Waals surface area contributed by atoms with Crippen LogP contribution in [-0.4, -0.2) is 49.7 Å². The summed E-state index contributed by atoms with van der Waals surface area (Å²) in [6, 6.07) is 1.00. The predicted octanol–water partition coefficient (Wildman–Crippen LogP) is 1.56. The largest absolute Gasteiger partial charge is 0.345 e. The molecule has 0 radical (unpaired) electrons. The lowest BCUT2D eigenvalue weighted by molar-refractivity contribution is 0.234. The highest BCUT2D eigenvalue weighted by atomic mass is 32.1. The van der Waals surface area contributed by atoms with Gasteiger partial charge in [0.05, 0.1) is 0 Å². The molecule has 0 aliphatic carbocycles. The van der Waals surface area contributed by atoms with Gasteiger partial charge in [-0.15, -0.1) is 11.3 Å². The number of aromatic nitrogens is 1. The summed E-state index contributed by atoms with van der Waals surface area (Å²) >= 11 is 1.81. The summed E-state index contributed by atoms with van der Waals surface area (Å²) in [7, 11) is 4.18. The summed E-state index contributed by atoms with van der Waals surface area (Å²) in [5, 5.41) is 4.43. The molecular weight excluding hydrogens is 232 g/mol. The molecule has 2 rings (SSSR count). The molecule has 1 aromatic heterocycles. The van der Waals surface area contributed by atoms with Gasteiger partial charge in [0.2, 0.25) is 0 Å². The number of nitrogens with one attached hydrogen (secondary N) is 1. The maximum Gasteiger partial charge on any atom is 0.185 e. The Morgan fingerprint density at radius 2 is 2.29 bits per heavy atom. The highest BCUT2D eigenvalue weighted by Gasteiger charge is 2.23. The van der Waals surface area contributed by atoms with Crippen LogP contribution in [0.3, 0.4) is 0 Å². The van der Waals surface area contributed by atoms with Crippen LogP contribution in [0.5, 0.6) is 0 Å². The molecule has 1 aliphatic rings. The summed E-state index contributed by atoms with van der Waals surface area (Å²) < 4.78 is 0. The van der Waals surface area contributed by atoms with E-state index in [0.29, 0.717) is 12.1 Å². The number of thiazole rings is 1. The van der Waals surface area contributed by atoms with E-state index < -0.39 is 0 Å². The summed E-state index contributed by atoms with van der Waals surface area (Å²) in [5.74, 6) is 0. The molecule has 1 saturated heterocycles. The molecule has 2 heterocycles. The molecule has 0 aromatic carbocycles. The van der Waals surface area contributed by atoms with Gasteiger partial charge in [0.25, 0.3) is 0 Å². The fraction of sp³-hybridized carbons (Fsp3) is 0.750. The van der Waals surface area contributed by atoms with Crippen molar-refractivity contribution in [3.05, 3.63) is 11.1 Å². The molecule has 1 N–H and O–H groups in total. The Balaban J connectivity index is 2.05. The predicted molar refractivity (Wildman–Crippen MR) is 73.9 cm³/mol. The monoisotopic (exact) mass is 254 g/mol. The summed E-state index contributed by atoms with van der Waals surface area (Å²) in [6.45, 7) is 7.73. The number of likely N-dealkylation sites (N-methyl/N-ethyl adjacent to an activating group) is 1. The standard InChI is InChI=1S/C12H22N4S/c1-9-8-16(6-5-15(9)4)12-14-7-11(17-12)10(2)13-3/h7,9-10,13H,5-6,8H2,1-4H3. The Labute approximate surface area is 108 Å². The van der Waals surface area contributed by atoms with Gasteiger partial charge in [0, 0.05) is 42.8 Å². The molecule has 1 aromatic rings. The Hall–Kier alpha value is -0.650. The Morgan fingerprint density at radius 1 is 1.53 bits per heavy atom. The van der Waals surface area contributed by atoms with Gasteiger partial charge in [-0.3, -0.25) is 0 Å². The van der Waals surface area contributed by atoms with Gasteiger partial charge >= 0.3 is 0 Å². The van der Waals surface area contributed by atoms with Crippen LogP contribution in [0.15, 0.2) is 6.20 Å². The zero-order valence-electron chi connectivity index (χ0n) is 11.1. The van der Waals surface area contributed by atoms with Crippen molar-refractivity contribution >= 4 is 16.5 Å². The molecule has 4 nitrogen and oxygen atoms in total. The molecule has 17 heavy (non-hydrogen) atoms. The quantitative estimate of drug-likeness (QED) is 0.887. The van der Waals surface area contributed by atoms with Gasteiger partial charge in [-0.1, -0.05) is 0 Å². The van der Waals surface area contributed by atoms with Crippen molar-refractivity contribution in [3.63, 3.8) is 0 Å². The maximum atomic E-state index is 4.55. The Bertz CT molecular complexity index is 365. The van der Waals surface area contributed by atoms with Crippen LogP contribution in [0, 0.1) is 0 Å². The second kappa shape index (κ2) is 5.33. The lowest BCUT2D eigenvalue weighted by Gasteiger charge is -2.37. The number of piperazine rings is 1. The average molecular weight is 254 g/mol. The highest BCUT2D eigenvalue weighted by Crippen LogP contribution is 2.28. The van der Waals surface area contributed by atoms with Crippen LogP contribution in [0.25, 0.3) is 0 Å². The van der Waals surface area contributed by atoms with E-state index >= 15 is 0 Å². The maximum absolute atomic E-state index is 4.55. The molecule has 2 unspecified atom stereocenters. The Kier molecular flexibility index (Phi) is 4.01. The fourth-order valence-corrected chi connectivity index (χ4v) is 3.00. The first-order valence-corrected chi connectivity index (χ1v) is 7.01. The third kappa shape index (κ3) is 2.78. The molecule has 1 fully saturated rings. The smallest absolute Gasteiger partial charge is 0.185 e. The number of rotatable bonds is 3. The molecular formula is C12H22N4S. The minimum atomic E-state index is 0.395. The lowest BCUT2D eigenvalue weighted by atomic mass is 10.2. The second-order valence-corrected chi connectivity index (χ2v) is 5.87. The van der Waals surface area contributed by atoms with Crippen LogP contribution >= 0.6 is 11.3 Å². The second-order valence-electron chi connectivity index (χ2n) is 4.83. The fourth-order valence-electron chi connectivity index (χ4n) is 1.99. The minimum Gasteiger partial charge on any atom is -0.345 e. The van der Waals surface area contributed by atoms with Gasteiger partial charge in [0.1, 0.15) is 0 Å². The van der Waals surface area contributed by atoms with Crippen molar-refractivity contribution in [2.45, 2.75) is 25.9 Å². The SMILES string of the molecule is CNC(C)c1cnc(N2CCN(C)C(C)C2)s1. The number of anilines is 1. The molecule has 0 bridgehead atoms. The van der Waals surface area contributed by atoms with Gasteiger partial charge in [0.15, 0.2) is 5.13 Å². The van der Waals surface area contributed by atoms with E-state index in [2.05, 4.69) is 41.0 Å². The van der Waals surface area contributed by atoms with Crippen LogP contribution in [0.1, 0.15) is 24.8 Å². The summed E-state index contributed by atoms with van der Waals surface area (Å²) in [6.07, 6.45) is 2.00. The van der Waals surface area contributed by atoms with Gasteiger partial charge < -0.3 is 15.1 Å².